The van der Waals surface area contributed by atoms with Crippen molar-refractivity contribution in [3.63, 3.8) is 0 Å². The zero-order chi connectivity index (χ0) is 35.4. The lowest BCUT2D eigenvalue weighted by atomic mass is 10.0. The highest BCUT2D eigenvalue weighted by atomic mass is 19.1. The Balaban J connectivity index is 1.20. The lowest BCUT2D eigenvalue weighted by Crippen LogP contribution is -2.41. The average molecular weight is 690 g/mol. The van der Waals surface area contributed by atoms with E-state index in [1.54, 1.807) is 31.9 Å². The number of nitrogens with one attached hydrogen (secondary N) is 2. The van der Waals surface area contributed by atoms with Gasteiger partial charge in [-0.3, -0.25) is 9.59 Å². The molecule has 262 valence electrons. The van der Waals surface area contributed by atoms with E-state index >= 15 is 4.39 Å². The Morgan fingerprint density at radius 3 is 2.49 bits per heavy atom. The summed E-state index contributed by atoms with van der Waals surface area (Å²) < 4.78 is 30.3. The van der Waals surface area contributed by atoms with Crippen LogP contribution in [0.3, 0.4) is 0 Å². The quantitative estimate of drug-likeness (QED) is 0.191. The first-order valence-corrected chi connectivity index (χ1v) is 17.5. The van der Waals surface area contributed by atoms with Crippen molar-refractivity contribution in [1.82, 2.24) is 14.8 Å². The SMILES string of the molecule is CC(C)(C)OC(=O)NC1CCN(c2c(F)cc3c(=O)c(C(=O)N4CCC[C@H]4CNc4ccccc4)cn4c3c2Oc2cc3ccccc3cc2-4)C1. The molecular formula is C40H40FN5O5. The summed E-state index contributed by atoms with van der Waals surface area (Å²) in [5.74, 6) is -0.337. The number of alkyl carbamates (subject to hydrolysis) is 1. The maximum Gasteiger partial charge on any atom is 0.407 e. The third kappa shape index (κ3) is 6.11. The highest BCUT2D eigenvalue weighted by Gasteiger charge is 2.36. The van der Waals surface area contributed by atoms with E-state index in [2.05, 4.69) is 10.6 Å². The second kappa shape index (κ2) is 12.6. The summed E-state index contributed by atoms with van der Waals surface area (Å²) in [5, 5.41) is 8.27. The maximum atomic E-state index is 16.5. The molecule has 10 nitrogen and oxygen atoms in total. The van der Waals surface area contributed by atoms with E-state index < -0.39 is 22.9 Å². The number of aromatic nitrogens is 1. The van der Waals surface area contributed by atoms with E-state index in [1.807, 2.05) is 76.2 Å². The van der Waals surface area contributed by atoms with Crippen LogP contribution in [0, 0.1) is 5.82 Å². The van der Waals surface area contributed by atoms with Crippen molar-refractivity contribution in [3.05, 3.63) is 101 Å². The number of carbonyl (C=O) groups is 2. The molecule has 2 amide bonds. The minimum absolute atomic E-state index is 0.0176. The molecule has 3 aliphatic rings. The fraction of sp³-hybridized carbons (Fsp3) is 0.325. The molecule has 2 atom stereocenters. The summed E-state index contributed by atoms with van der Waals surface area (Å²) in [7, 11) is 0. The number of halogens is 1. The van der Waals surface area contributed by atoms with Crippen molar-refractivity contribution < 1.29 is 23.5 Å². The minimum Gasteiger partial charge on any atom is -0.451 e. The van der Waals surface area contributed by atoms with Gasteiger partial charge in [-0.15, -0.1) is 0 Å². The molecular weight excluding hydrogens is 649 g/mol. The van der Waals surface area contributed by atoms with Crippen LogP contribution in [0.2, 0.25) is 0 Å². The van der Waals surface area contributed by atoms with Crippen molar-refractivity contribution in [3.8, 4) is 17.2 Å². The molecule has 0 saturated carbocycles. The predicted molar refractivity (Wildman–Crippen MR) is 196 cm³/mol. The van der Waals surface area contributed by atoms with Crippen LogP contribution in [0.1, 0.15) is 50.4 Å². The summed E-state index contributed by atoms with van der Waals surface area (Å²) in [6.07, 6.45) is 3.25. The monoisotopic (exact) mass is 689 g/mol. The van der Waals surface area contributed by atoms with Gasteiger partial charge in [0.1, 0.15) is 22.4 Å². The van der Waals surface area contributed by atoms with Crippen LogP contribution in [0.15, 0.2) is 83.8 Å². The zero-order valence-electron chi connectivity index (χ0n) is 28.9. The molecule has 1 aromatic heterocycles. The molecule has 0 spiro atoms. The van der Waals surface area contributed by atoms with Gasteiger partial charge in [-0.05, 0) is 81.1 Å². The predicted octanol–water partition coefficient (Wildman–Crippen LogP) is 7.21. The van der Waals surface area contributed by atoms with Crippen LogP contribution in [-0.2, 0) is 4.74 Å². The Morgan fingerprint density at radius 1 is 0.980 bits per heavy atom. The Labute approximate surface area is 294 Å². The summed E-state index contributed by atoms with van der Waals surface area (Å²) in [5.41, 5.74) is 0.985. The van der Waals surface area contributed by atoms with Gasteiger partial charge in [-0.2, -0.15) is 0 Å². The van der Waals surface area contributed by atoms with E-state index in [4.69, 9.17) is 9.47 Å². The van der Waals surface area contributed by atoms with Crippen LogP contribution >= 0.6 is 0 Å². The lowest BCUT2D eigenvalue weighted by Gasteiger charge is -2.30. The number of likely N-dealkylation sites (tertiary alicyclic amines) is 1. The molecule has 4 aromatic carbocycles. The van der Waals surface area contributed by atoms with Gasteiger partial charge >= 0.3 is 6.09 Å². The van der Waals surface area contributed by atoms with Crippen molar-refractivity contribution in [2.75, 3.05) is 36.4 Å². The molecule has 2 fully saturated rings. The molecule has 0 bridgehead atoms. The summed E-state index contributed by atoms with van der Waals surface area (Å²) in [6.45, 7) is 7.22. The molecule has 11 heteroatoms. The van der Waals surface area contributed by atoms with E-state index in [0.717, 1.165) is 29.3 Å². The van der Waals surface area contributed by atoms with Gasteiger partial charge in [-0.25, -0.2) is 9.18 Å². The van der Waals surface area contributed by atoms with Gasteiger partial charge in [0.15, 0.2) is 17.3 Å². The smallest absolute Gasteiger partial charge is 0.407 e. The summed E-state index contributed by atoms with van der Waals surface area (Å²) >= 11 is 0. The van der Waals surface area contributed by atoms with Gasteiger partial charge in [0.25, 0.3) is 5.91 Å². The molecule has 4 heterocycles. The molecule has 2 saturated heterocycles. The molecule has 5 aromatic rings. The number of hydrogen-bond acceptors (Lipinski definition) is 7. The normalized spacial score (nSPS) is 18.1. The molecule has 2 N–H and O–H groups in total. The first-order chi connectivity index (χ1) is 24.5. The van der Waals surface area contributed by atoms with Crippen molar-refractivity contribution in [1.29, 1.82) is 0 Å². The Hall–Kier alpha value is -5.58. The third-order valence-corrected chi connectivity index (χ3v) is 9.88. The first kappa shape index (κ1) is 32.6. The van der Waals surface area contributed by atoms with Crippen LogP contribution in [0.5, 0.6) is 11.5 Å². The fourth-order valence-electron chi connectivity index (χ4n) is 7.55. The number of hydrogen-bond donors (Lipinski definition) is 2. The van der Waals surface area contributed by atoms with E-state index in [-0.39, 0.29) is 40.4 Å². The van der Waals surface area contributed by atoms with Crippen molar-refractivity contribution >= 4 is 45.1 Å². The summed E-state index contributed by atoms with van der Waals surface area (Å²) in [6, 6.07) is 22.4. The van der Waals surface area contributed by atoms with E-state index in [1.165, 1.54) is 6.07 Å². The molecule has 3 aliphatic heterocycles. The van der Waals surface area contributed by atoms with Crippen molar-refractivity contribution in [2.24, 2.45) is 0 Å². The number of amides is 2. The Bertz CT molecular complexity index is 2250. The number of anilines is 2. The minimum atomic E-state index is -0.652. The molecule has 8 rings (SSSR count). The van der Waals surface area contributed by atoms with Crippen LogP contribution < -0.4 is 25.7 Å². The molecule has 0 radical (unpaired) electrons. The standard InChI is InChI=1S/C40H40FN5O5/c1-40(2,3)51-39(49)43-27-15-17-44(22-27)35-31(41)20-29-34-37(35)50-33-19-25-11-8-7-10-24(25)18-32(33)46(34)23-30(36(29)47)38(48)45-16-9-14-28(45)21-42-26-12-5-4-6-13-26/h4-8,10-13,18-20,23,27-28,42H,9,14-17,21-22H2,1-3H3,(H,43,49)/t27?,28-/m0/s1. The summed E-state index contributed by atoms with van der Waals surface area (Å²) in [4.78, 5) is 44.7. The number of pyridine rings is 1. The molecule has 1 unspecified atom stereocenters. The number of ether oxygens (including phenoxy) is 2. The van der Waals surface area contributed by atoms with Crippen LogP contribution in [0.4, 0.5) is 20.6 Å². The third-order valence-electron chi connectivity index (χ3n) is 9.88. The Morgan fingerprint density at radius 2 is 1.73 bits per heavy atom. The molecule has 0 aliphatic carbocycles. The highest BCUT2D eigenvalue weighted by Crippen LogP contribution is 2.48. The van der Waals surface area contributed by atoms with E-state index in [9.17, 15) is 14.4 Å². The topological polar surface area (TPSA) is 105 Å². The first-order valence-electron chi connectivity index (χ1n) is 17.5. The van der Waals surface area contributed by atoms with Gasteiger partial charge < -0.3 is 34.5 Å². The maximum absolute atomic E-state index is 16.5. The largest absolute Gasteiger partial charge is 0.451 e. The van der Waals surface area contributed by atoms with Gasteiger partial charge in [0, 0.05) is 44.1 Å². The van der Waals surface area contributed by atoms with E-state index in [0.29, 0.717) is 49.6 Å². The fourth-order valence-corrected chi connectivity index (χ4v) is 7.55. The van der Waals surface area contributed by atoms with Gasteiger partial charge in [-0.1, -0.05) is 42.5 Å². The second-order valence-electron chi connectivity index (χ2n) is 14.6. The van der Waals surface area contributed by atoms with Gasteiger partial charge in [0.2, 0.25) is 5.43 Å². The number of benzene rings is 4. The second-order valence-corrected chi connectivity index (χ2v) is 14.6. The van der Waals surface area contributed by atoms with Crippen LogP contribution in [0.25, 0.3) is 27.4 Å². The average Bonchev–Trinajstić information content (AvgIpc) is 3.76. The Kier molecular flexibility index (Phi) is 8.08. The number of para-hydroxylation sites is 1. The number of carbonyl (C=O) groups excluding carboxylic acids is 2. The lowest BCUT2D eigenvalue weighted by molar-refractivity contribution is 0.0508. The highest BCUT2D eigenvalue weighted by molar-refractivity contribution is 6.02. The molecule has 51 heavy (non-hydrogen) atoms. The van der Waals surface area contributed by atoms with Crippen LogP contribution in [-0.4, -0.2) is 65.3 Å². The number of fused-ring (bicyclic) bond motifs is 3. The zero-order valence-corrected chi connectivity index (χ0v) is 28.9. The van der Waals surface area contributed by atoms with Crippen molar-refractivity contribution in [2.45, 2.75) is 57.7 Å². The number of rotatable bonds is 6. The number of nitrogens with zero attached hydrogens (tertiary/aromatic N) is 3. The van der Waals surface area contributed by atoms with Gasteiger partial charge in [0.05, 0.1) is 17.1 Å².